The molecule has 36 heavy (non-hydrogen) atoms. The molecule has 3 rings (SSSR count). The van der Waals surface area contributed by atoms with E-state index >= 15 is 0 Å². The number of H-pyrrole nitrogens is 1. The van der Waals surface area contributed by atoms with Crippen LogP contribution in [0.3, 0.4) is 0 Å². The number of rotatable bonds is 9. The third-order valence-corrected chi connectivity index (χ3v) is 7.65. The molecule has 0 aliphatic carbocycles. The molecule has 2 aliphatic rings. The summed E-state index contributed by atoms with van der Waals surface area (Å²) in [4.78, 5) is 55.3. The van der Waals surface area contributed by atoms with E-state index in [2.05, 4.69) is 13.4 Å². The van der Waals surface area contributed by atoms with Crippen LogP contribution in [-0.2, 0) is 36.8 Å². The average molecular weight is 564 g/mol. The maximum absolute atomic E-state index is 12.1. The second kappa shape index (κ2) is 11.0. The summed E-state index contributed by atoms with van der Waals surface area (Å²) in [6.07, 6.45) is -16.0. The third kappa shape index (κ3) is 6.42. The van der Waals surface area contributed by atoms with Crippen LogP contribution in [0.4, 0.5) is 0 Å². The van der Waals surface area contributed by atoms with Crippen molar-refractivity contribution in [3.8, 4) is 0 Å². The number of carbonyl (C=O) groups excluding carboxylic acids is 1. The maximum atomic E-state index is 12.1. The summed E-state index contributed by atoms with van der Waals surface area (Å²) in [5.74, 6) is 0. The number of aromatic nitrogens is 2. The Morgan fingerprint density at radius 1 is 0.972 bits per heavy atom. The minimum absolute atomic E-state index is 0.00486. The van der Waals surface area contributed by atoms with Gasteiger partial charge in [0.15, 0.2) is 18.8 Å². The maximum Gasteiger partial charge on any atom is 0.483 e. The molecule has 0 bridgehead atoms. The van der Waals surface area contributed by atoms with E-state index in [1.807, 2.05) is 4.98 Å². The molecule has 2 fully saturated rings. The summed E-state index contributed by atoms with van der Waals surface area (Å²) < 4.78 is 47.8. The molecule has 1 aromatic rings. The predicted octanol–water partition coefficient (Wildman–Crippen LogP) is -4.59. The number of carbonyl (C=O) groups is 1. The summed E-state index contributed by atoms with van der Waals surface area (Å²) in [5, 5.41) is 49.3. The van der Waals surface area contributed by atoms with Gasteiger partial charge in [0.25, 0.3) is 5.56 Å². The average Bonchev–Trinajstić information content (AvgIpc) is 3.06. The van der Waals surface area contributed by atoms with Gasteiger partial charge >= 0.3 is 21.3 Å². The van der Waals surface area contributed by atoms with Crippen molar-refractivity contribution < 1.29 is 72.1 Å². The van der Waals surface area contributed by atoms with Crippen molar-refractivity contribution in [2.24, 2.45) is 0 Å². The molecule has 0 aromatic carbocycles. The molecule has 0 saturated carbocycles. The Hall–Kier alpha value is -1.67. The number of hydrogen-bond donors (Lipinski definition) is 8. The Morgan fingerprint density at radius 2 is 1.64 bits per heavy atom. The number of aliphatic hydroxyl groups excluding tert-OH is 5. The van der Waals surface area contributed by atoms with Crippen molar-refractivity contribution in [1.82, 2.24) is 9.55 Å². The molecular formula is C15H22N2O17P2. The largest absolute Gasteiger partial charge is 0.483 e. The number of hydrogen-bond acceptors (Lipinski definition) is 15. The van der Waals surface area contributed by atoms with Gasteiger partial charge in [-0.25, -0.2) is 13.9 Å². The number of ether oxygens (including phenoxy) is 2. The minimum Gasteiger partial charge on any atom is -0.387 e. The van der Waals surface area contributed by atoms with Crippen molar-refractivity contribution in [3.63, 3.8) is 0 Å². The molecule has 8 unspecified atom stereocenters. The molecular weight excluding hydrogens is 542 g/mol. The Morgan fingerprint density at radius 3 is 2.25 bits per heavy atom. The van der Waals surface area contributed by atoms with Crippen molar-refractivity contribution in [2.75, 3.05) is 6.61 Å². The fourth-order valence-electron chi connectivity index (χ4n) is 3.27. The van der Waals surface area contributed by atoms with E-state index in [-0.39, 0.29) is 6.29 Å². The Labute approximate surface area is 199 Å². The molecule has 1 aromatic heterocycles. The normalized spacial score (nSPS) is 38.2. The lowest BCUT2D eigenvalue weighted by molar-refractivity contribution is -0.266. The van der Waals surface area contributed by atoms with Gasteiger partial charge in [-0.05, 0) is 0 Å². The fourth-order valence-corrected chi connectivity index (χ4v) is 5.43. The van der Waals surface area contributed by atoms with Crippen molar-refractivity contribution in [3.05, 3.63) is 33.1 Å². The van der Waals surface area contributed by atoms with Gasteiger partial charge in [-0.15, -0.1) is 0 Å². The van der Waals surface area contributed by atoms with Crippen molar-refractivity contribution in [1.29, 1.82) is 0 Å². The van der Waals surface area contributed by atoms with Crippen LogP contribution < -0.4 is 11.2 Å². The van der Waals surface area contributed by atoms with Crippen LogP contribution >= 0.6 is 15.6 Å². The van der Waals surface area contributed by atoms with Gasteiger partial charge in [0.1, 0.15) is 42.7 Å². The summed E-state index contributed by atoms with van der Waals surface area (Å²) >= 11 is 0. The second-order valence-corrected chi connectivity index (χ2v) is 10.6. The summed E-state index contributed by atoms with van der Waals surface area (Å²) in [5.41, 5.74) is -1.76. The predicted molar refractivity (Wildman–Crippen MR) is 108 cm³/mol. The van der Waals surface area contributed by atoms with Crippen molar-refractivity contribution >= 4 is 21.9 Å². The van der Waals surface area contributed by atoms with E-state index < -0.39 is 88.7 Å². The highest BCUT2D eigenvalue weighted by Gasteiger charge is 2.49. The van der Waals surface area contributed by atoms with Crippen molar-refractivity contribution in [2.45, 2.75) is 55.2 Å². The number of aromatic amines is 1. The molecule has 0 spiro atoms. The molecule has 19 nitrogen and oxygen atoms in total. The summed E-state index contributed by atoms with van der Waals surface area (Å²) in [7, 11) is -11.1. The van der Waals surface area contributed by atoms with Crippen LogP contribution in [0.1, 0.15) is 6.23 Å². The van der Waals surface area contributed by atoms with Crippen LogP contribution in [0.5, 0.6) is 0 Å². The zero-order chi connectivity index (χ0) is 27.0. The van der Waals surface area contributed by atoms with E-state index in [9.17, 15) is 58.8 Å². The van der Waals surface area contributed by atoms with Gasteiger partial charge < -0.3 is 49.6 Å². The summed E-state index contributed by atoms with van der Waals surface area (Å²) in [6.45, 7) is -1.04. The lowest BCUT2D eigenvalue weighted by atomic mass is 10.00. The number of phosphoric acid groups is 2. The van der Waals surface area contributed by atoms with Crippen LogP contribution in [0, 0.1) is 0 Å². The fraction of sp³-hybridized carbons (Fsp3) is 0.667. The van der Waals surface area contributed by atoms with E-state index in [1.165, 1.54) is 0 Å². The smallest absolute Gasteiger partial charge is 0.387 e. The zero-order valence-corrected chi connectivity index (χ0v) is 19.5. The molecule has 2 aliphatic heterocycles. The number of phosphoric ester groups is 2. The first-order valence-electron chi connectivity index (χ1n) is 9.83. The molecule has 0 amide bonds. The lowest BCUT2D eigenvalue weighted by Crippen LogP contribution is -2.58. The first-order chi connectivity index (χ1) is 16.7. The SMILES string of the molecule is O=CC1O[C@H](OP(=O)(O)OP(=O)(O)OCC2OC(n3ccc(=O)[nH]c3=O)C(O)C2O)C(O)[C@@H](O)[C@H]1O. The Kier molecular flexibility index (Phi) is 8.81. The van der Waals surface area contributed by atoms with Gasteiger partial charge in [-0.2, -0.15) is 4.31 Å². The van der Waals surface area contributed by atoms with E-state index in [4.69, 9.17) is 9.47 Å². The molecule has 0 radical (unpaired) electrons. The first-order valence-corrected chi connectivity index (χ1v) is 12.8. The van der Waals surface area contributed by atoms with Crippen LogP contribution in [-0.4, -0.2) is 107 Å². The van der Waals surface area contributed by atoms with Crippen LogP contribution in [0.15, 0.2) is 21.9 Å². The second-order valence-electron chi connectivity index (χ2n) is 7.56. The highest BCUT2D eigenvalue weighted by molar-refractivity contribution is 7.61. The lowest BCUT2D eigenvalue weighted by Gasteiger charge is -2.38. The number of nitrogens with zero attached hydrogens (tertiary/aromatic N) is 1. The Balaban J connectivity index is 1.62. The molecule has 21 heteroatoms. The number of nitrogens with one attached hydrogen (secondary N) is 1. The summed E-state index contributed by atoms with van der Waals surface area (Å²) in [6, 6.07) is 0.923. The first kappa shape index (κ1) is 28.9. The van der Waals surface area contributed by atoms with E-state index in [0.29, 0.717) is 4.57 Å². The van der Waals surface area contributed by atoms with E-state index in [0.717, 1.165) is 12.3 Å². The highest BCUT2D eigenvalue weighted by atomic mass is 31.3. The van der Waals surface area contributed by atoms with E-state index in [1.54, 1.807) is 0 Å². The Bertz CT molecular complexity index is 1160. The number of aldehydes is 1. The van der Waals surface area contributed by atoms with Gasteiger partial charge in [0.2, 0.25) is 0 Å². The molecule has 204 valence electrons. The quantitative estimate of drug-likeness (QED) is 0.103. The van der Waals surface area contributed by atoms with Crippen LogP contribution in [0.2, 0.25) is 0 Å². The standard InChI is InChI=1S/C15H22N2O17P2/c18-3-5-8(20)10(22)12(24)14(32-5)33-36(28,29)34-35(26,27)30-4-6-9(21)11(23)13(31-6)17-2-1-7(19)16-15(17)25/h1-3,5-6,8-14,20-24H,4H2,(H,26,27)(H,28,29)(H,16,19,25)/t5?,6?,8-,9?,10-,11?,12?,13?,14+/m0/s1. The number of aliphatic hydroxyl groups is 5. The minimum atomic E-state index is -5.63. The topological polar surface area (TPSA) is 294 Å². The zero-order valence-electron chi connectivity index (χ0n) is 17.7. The van der Waals surface area contributed by atoms with Crippen LogP contribution in [0.25, 0.3) is 0 Å². The van der Waals surface area contributed by atoms with Gasteiger partial charge in [-0.3, -0.25) is 23.4 Å². The molecule has 2 saturated heterocycles. The molecule has 8 N–H and O–H groups in total. The third-order valence-electron chi connectivity index (χ3n) is 5.05. The molecule has 11 atom stereocenters. The van der Waals surface area contributed by atoms with Gasteiger partial charge in [0.05, 0.1) is 6.61 Å². The highest BCUT2D eigenvalue weighted by Crippen LogP contribution is 2.61. The van der Waals surface area contributed by atoms with Gasteiger partial charge in [0, 0.05) is 12.3 Å². The molecule has 3 heterocycles. The van der Waals surface area contributed by atoms with Gasteiger partial charge in [-0.1, -0.05) is 0 Å². The monoisotopic (exact) mass is 564 g/mol.